The van der Waals surface area contributed by atoms with Crippen LogP contribution in [0, 0.1) is 6.92 Å². The third-order valence-electron chi connectivity index (χ3n) is 5.34. The van der Waals surface area contributed by atoms with E-state index in [-0.39, 0.29) is 22.8 Å². The van der Waals surface area contributed by atoms with Crippen molar-refractivity contribution >= 4 is 57.7 Å². The lowest BCUT2D eigenvalue weighted by Gasteiger charge is -2.13. The lowest BCUT2D eigenvalue weighted by atomic mass is 10.1. The number of thioether (sulfide) groups is 1. The summed E-state index contributed by atoms with van der Waals surface area (Å²) in [6.07, 6.45) is 3.29. The van der Waals surface area contributed by atoms with Gasteiger partial charge in [0.05, 0.1) is 5.25 Å². The van der Waals surface area contributed by atoms with Crippen LogP contribution < -0.4 is 16.0 Å². The maximum atomic E-state index is 13.2. The molecular formula is C29H26N4O3S2. The Balaban J connectivity index is 1.44. The quantitative estimate of drug-likeness (QED) is 0.178. The molecule has 0 aliphatic rings. The maximum absolute atomic E-state index is 13.2. The van der Waals surface area contributed by atoms with E-state index >= 15 is 0 Å². The summed E-state index contributed by atoms with van der Waals surface area (Å²) in [6.45, 7) is 3.78. The molecule has 0 aliphatic carbocycles. The molecule has 1 unspecified atom stereocenters. The van der Waals surface area contributed by atoms with E-state index in [0.29, 0.717) is 16.4 Å². The van der Waals surface area contributed by atoms with E-state index in [2.05, 4.69) is 20.9 Å². The van der Waals surface area contributed by atoms with Gasteiger partial charge < -0.3 is 16.0 Å². The molecule has 3 N–H and O–H groups in total. The highest BCUT2D eigenvalue weighted by atomic mass is 32.2. The predicted molar refractivity (Wildman–Crippen MR) is 154 cm³/mol. The zero-order chi connectivity index (χ0) is 26.9. The fourth-order valence-corrected chi connectivity index (χ4v) is 4.83. The second-order valence-corrected chi connectivity index (χ2v) is 10.7. The van der Waals surface area contributed by atoms with E-state index < -0.39 is 5.91 Å². The number of benzene rings is 3. The van der Waals surface area contributed by atoms with Crippen LogP contribution in [0.4, 0.5) is 10.8 Å². The number of hydrogen-bond acceptors (Lipinski definition) is 6. The summed E-state index contributed by atoms with van der Waals surface area (Å²) in [4.78, 5) is 43.4. The fraction of sp³-hybridized carbons (Fsp3) is 0.103. The lowest BCUT2D eigenvalue weighted by Crippen LogP contribution is -2.30. The third-order valence-corrected chi connectivity index (χ3v) is 7.14. The molecular weight excluding hydrogens is 516 g/mol. The minimum atomic E-state index is -0.451. The van der Waals surface area contributed by atoms with Crippen LogP contribution in [0.1, 0.15) is 28.4 Å². The van der Waals surface area contributed by atoms with Gasteiger partial charge in [0.2, 0.25) is 5.91 Å². The van der Waals surface area contributed by atoms with Gasteiger partial charge in [0, 0.05) is 27.7 Å². The molecule has 1 heterocycles. The first kappa shape index (κ1) is 26.8. The minimum absolute atomic E-state index is 0.121. The van der Waals surface area contributed by atoms with E-state index in [4.69, 9.17) is 0 Å². The van der Waals surface area contributed by atoms with Crippen LogP contribution in [0.25, 0.3) is 6.08 Å². The van der Waals surface area contributed by atoms with E-state index in [1.807, 2.05) is 56.3 Å². The van der Waals surface area contributed by atoms with Crippen LogP contribution in [0.5, 0.6) is 0 Å². The molecule has 0 fully saturated rings. The molecule has 38 heavy (non-hydrogen) atoms. The average Bonchev–Trinajstić information content (AvgIpc) is 3.43. The van der Waals surface area contributed by atoms with Gasteiger partial charge in [-0.15, -0.1) is 23.1 Å². The van der Waals surface area contributed by atoms with Crippen LogP contribution >= 0.6 is 23.1 Å². The number of amides is 3. The first-order chi connectivity index (χ1) is 18.4. The molecule has 1 aromatic heterocycles. The lowest BCUT2D eigenvalue weighted by molar-refractivity contribution is -0.115. The van der Waals surface area contributed by atoms with Crippen LogP contribution in [-0.4, -0.2) is 28.0 Å². The number of carbonyl (C=O) groups is 3. The van der Waals surface area contributed by atoms with Crippen molar-refractivity contribution in [1.82, 2.24) is 10.3 Å². The van der Waals surface area contributed by atoms with Gasteiger partial charge in [-0.2, -0.15) is 0 Å². The number of anilines is 2. The second-order valence-electron chi connectivity index (χ2n) is 8.36. The average molecular weight is 543 g/mol. The number of carbonyl (C=O) groups excluding carboxylic acids is 3. The second kappa shape index (κ2) is 12.8. The Bertz CT molecular complexity index is 1440. The Hall–Kier alpha value is -4.21. The molecule has 192 valence electrons. The van der Waals surface area contributed by atoms with Crippen molar-refractivity contribution in [2.45, 2.75) is 24.0 Å². The summed E-state index contributed by atoms with van der Waals surface area (Å²) >= 11 is 2.77. The largest absolute Gasteiger partial charge is 0.321 e. The zero-order valence-corrected chi connectivity index (χ0v) is 22.4. The summed E-state index contributed by atoms with van der Waals surface area (Å²) in [5.74, 6) is -0.966. The van der Waals surface area contributed by atoms with E-state index in [1.165, 1.54) is 23.1 Å². The first-order valence-corrected chi connectivity index (χ1v) is 13.6. The van der Waals surface area contributed by atoms with Crippen molar-refractivity contribution in [3.05, 3.63) is 113 Å². The van der Waals surface area contributed by atoms with Crippen molar-refractivity contribution in [2.24, 2.45) is 0 Å². The topological polar surface area (TPSA) is 100 Å². The van der Waals surface area contributed by atoms with Crippen LogP contribution in [0.15, 0.2) is 101 Å². The summed E-state index contributed by atoms with van der Waals surface area (Å²) in [7, 11) is 0. The molecule has 3 aromatic carbocycles. The number of rotatable bonds is 9. The summed E-state index contributed by atoms with van der Waals surface area (Å²) < 4.78 is 0. The number of hydrogen-bond donors (Lipinski definition) is 3. The van der Waals surface area contributed by atoms with Crippen molar-refractivity contribution in [3.8, 4) is 0 Å². The van der Waals surface area contributed by atoms with Gasteiger partial charge in [0.15, 0.2) is 5.13 Å². The minimum Gasteiger partial charge on any atom is -0.321 e. The molecule has 0 saturated carbocycles. The van der Waals surface area contributed by atoms with Gasteiger partial charge in [0.1, 0.15) is 5.70 Å². The molecule has 0 bridgehead atoms. The Morgan fingerprint density at radius 3 is 2.39 bits per heavy atom. The zero-order valence-electron chi connectivity index (χ0n) is 20.8. The Morgan fingerprint density at radius 2 is 1.71 bits per heavy atom. The van der Waals surface area contributed by atoms with Gasteiger partial charge in [-0.1, -0.05) is 48.0 Å². The molecule has 0 radical (unpaired) electrons. The predicted octanol–water partition coefficient (Wildman–Crippen LogP) is 5.98. The van der Waals surface area contributed by atoms with Crippen molar-refractivity contribution in [1.29, 1.82) is 0 Å². The maximum Gasteiger partial charge on any atom is 0.272 e. The van der Waals surface area contributed by atoms with Gasteiger partial charge in [-0.25, -0.2) is 4.98 Å². The Morgan fingerprint density at radius 1 is 0.947 bits per heavy atom. The first-order valence-electron chi connectivity index (χ1n) is 11.8. The van der Waals surface area contributed by atoms with E-state index in [0.717, 1.165) is 16.0 Å². The van der Waals surface area contributed by atoms with Gasteiger partial charge in [0.25, 0.3) is 11.8 Å². The fourth-order valence-electron chi connectivity index (χ4n) is 3.43. The highest BCUT2D eigenvalue weighted by molar-refractivity contribution is 8.00. The number of aromatic nitrogens is 1. The van der Waals surface area contributed by atoms with Gasteiger partial charge in [-0.3, -0.25) is 14.4 Å². The molecule has 4 rings (SSSR count). The van der Waals surface area contributed by atoms with E-state index in [1.54, 1.807) is 54.1 Å². The third kappa shape index (κ3) is 7.64. The van der Waals surface area contributed by atoms with E-state index in [9.17, 15) is 14.4 Å². The summed E-state index contributed by atoms with van der Waals surface area (Å²) in [5.41, 5.74) is 2.96. The molecule has 9 heteroatoms. The number of aryl methyl sites for hydroxylation is 1. The molecule has 0 spiro atoms. The Labute approximate surface area is 229 Å². The van der Waals surface area contributed by atoms with Crippen molar-refractivity contribution in [3.63, 3.8) is 0 Å². The van der Waals surface area contributed by atoms with Crippen LogP contribution in [0.3, 0.4) is 0 Å². The molecule has 7 nitrogen and oxygen atoms in total. The standard InChI is InChI=1S/C29H26N4O3S2/c1-19-7-6-8-21(17-19)18-25(32-27(35)22-9-4-3-5-10-22)28(36)31-23-11-13-24(14-12-23)38-20(2)26(34)33-29-30-15-16-37-29/h3-18,20H,1-2H3,(H,31,36)(H,32,35)(H,30,33,34)/b25-18-. The number of nitrogens with zero attached hydrogens (tertiary/aromatic N) is 1. The van der Waals surface area contributed by atoms with Crippen molar-refractivity contribution in [2.75, 3.05) is 10.6 Å². The summed E-state index contributed by atoms with van der Waals surface area (Å²) in [5, 5.41) is 10.4. The molecule has 0 saturated heterocycles. The highest BCUT2D eigenvalue weighted by Gasteiger charge is 2.17. The van der Waals surface area contributed by atoms with Gasteiger partial charge >= 0.3 is 0 Å². The molecule has 0 aliphatic heterocycles. The summed E-state index contributed by atoms with van der Waals surface area (Å²) in [6, 6.07) is 23.6. The Kier molecular flexibility index (Phi) is 9.07. The monoisotopic (exact) mass is 542 g/mol. The number of nitrogens with one attached hydrogen (secondary N) is 3. The molecule has 1 atom stereocenters. The van der Waals surface area contributed by atoms with Crippen molar-refractivity contribution < 1.29 is 14.4 Å². The van der Waals surface area contributed by atoms with Crippen LogP contribution in [-0.2, 0) is 9.59 Å². The van der Waals surface area contributed by atoms with Crippen LogP contribution in [0.2, 0.25) is 0 Å². The molecule has 4 aromatic rings. The highest BCUT2D eigenvalue weighted by Crippen LogP contribution is 2.26. The SMILES string of the molecule is Cc1cccc(/C=C(\NC(=O)c2ccccc2)C(=O)Nc2ccc(SC(C)C(=O)Nc3nccs3)cc2)c1. The molecule has 3 amide bonds. The number of thiazole rings is 1. The normalized spacial score (nSPS) is 11.9. The smallest absolute Gasteiger partial charge is 0.272 e. The van der Waals surface area contributed by atoms with Gasteiger partial charge in [-0.05, 0) is 61.9 Å².